The Morgan fingerprint density at radius 3 is 2.68 bits per heavy atom. The fraction of sp³-hybridized carbons (Fsp3) is 0.333. The molecule has 0 unspecified atom stereocenters. The van der Waals surface area contributed by atoms with E-state index in [1.165, 1.54) is 17.0 Å². The molecule has 0 spiro atoms. The normalized spacial score (nSPS) is 17.2. The average Bonchev–Trinajstić information content (AvgIpc) is 3.54. The maximum Gasteiger partial charge on any atom is 0.254 e. The van der Waals surface area contributed by atoms with Crippen LogP contribution < -0.4 is 4.74 Å². The van der Waals surface area contributed by atoms with Gasteiger partial charge in [-0.25, -0.2) is 4.39 Å². The average molecular weight is 479 g/mol. The second-order valence-corrected chi connectivity index (χ2v) is 9.92. The van der Waals surface area contributed by atoms with Crippen molar-refractivity contribution in [1.82, 2.24) is 9.80 Å². The summed E-state index contributed by atoms with van der Waals surface area (Å²) in [4.78, 5) is 31.5. The van der Waals surface area contributed by atoms with Crippen LogP contribution in [-0.4, -0.2) is 47.9 Å². The Kier molecular flexibility index (Phi) is 6.63. The second kappa shape index (κ2) is 9.97. The van der Waals surface area contributed by atoms with Gasteiger partial charge < -0.3 is 14.5 Å². The van der Waals surface area contributed by atoms with Crippen molar-refractivity contribution in [2.24, 2.45) is 5.92 Å². The summed E-state index contributed by atoms with van der Waals surface area (Å²) >= 11 is 1.68. The summed E-state index contributed by atoms with van der Waals surface area (Å²) in [5, 5.41) is 2.03. The van der Waals surface area contributed by atoms with Crippen LogP contribution in [0.3, 0.4) is 0 Å². The van der Waals surface area contributed by atoms with Crippen molar-refractivity contribution in [3.63, 3.8) is 0 Å². The number of carbonyl (C=O) groups is 2. The van der Waals surface area contributed by atoms with Crippen LogP contribution in [-0.2, 0) is 11.2 Å². The summed E-state index contributed by atoms with van der Waals surface area (Å²) in [6.45, 7) is 1.44. The number of thiophene rings is 1. The van der Waals surface area contributed by atoms with E-state index in [4.69, 9.17) is 4.74 Å². The fourth-order valence-corrected chi connectivity index (χ4v) is 5.38. The highest BCUT2D eigenvalue weighted by molar-refractivity contribution is 7.10. The number of rotatable bonds is 8. The molecule has 0 radical (unpaired) electrons. The van der Waals surface area contributed by atoms with Gasteiger partial charge in [-0.05, 0) is 66.5 Å². The first-order valence-electron chi connectivity index (χ1n) is 11.7. The molecule has 176 valence electrons. The van der Waals surface area contributed by atoms with E-state index in [-0.39, 0.29) is 36.8 Å². The van der Waals surface area contributed by atoms with Crippen molar-refractivity contribution in [2.45, 2.75) is 25.3 Å². The Balaban J connectivity index is 1.34. The summed E-state index contributed by atoms with van der Waals surface area (Å²) < 4.78 is 19.5. The lowest BCUT2D eigenvalue weighted by molar-refractivity contribution is -0.135. The number of nitrogens with zero attached hydrogens (tertiary/aromatic N) is 2. The Hall–Kier alpha value is -3.19. The summed E-state index contributed by atoms with van der Waals surface area (Å²) in [7, 11) is 0. The van der Waals surface area contributed by atoms with Gasteiger partial charge in [-0.15, -0.1) is 11.3 Å². The van der Waals surface area contributed by atoms with Crippen LogP contribution in [0.15, 0.2) is 66.0 Å². The Morgan fingerprint density at radius 2 is 1.91 bits per heavy atom. The number of halogens is 1. The van der Waals surface area contributed by atoms with E-state index in [0.717, 1.165) is 24.8 Å². The molecule has 1 aliphatic carbocycles. The fourth-order valence-electron chi connectivity index (χ4n) is 4.46. The van der Waals surface area contributed by atoms with Crippen LogP contribution >= 0.6 is 11.3 Å². The van der Waals surface area contributed by atoms with Crippen LogP contribution in [0.5, 0.6) is 5.75 Å². The first-order valence-corrected chi connectivity index (χ1v) is 12.5. The van der Waals surface area contributed by atoms with Crippen molar-refractivity contribution in [3.05, 3.63) is 87.9 Å². The highest BCUT2D eigenvalue weighted by Crippen LogP contribution is 2.35. The molecule has 1 fully saturated rings. The monoisotopic (exact) mass is 478 g/mol. The minimum Gasteiger partial charge on any atom is -0.491 e. The minimum absolute atomic E-state index is 0.0418. The molecule has 3 aromatic rings. The standard InChI is InChI=1S/C27H27FN2O3S/c28-21-7-4-8-22(15-21)33-18-24-23-12-14-34-25(23)11-13-30(24)26(31)17-29(16-19-9-10-19)27(32)20-5-2-1-3-6-20/h1-8,12,14-15,19,24H,9-11,13,16-18H2/t24-/m1/s1. The number of carbonyl (C=O) groups excluding carboxylic acids is 2. The van der Waals surface area contributed by atoms with Crippen LogP contribution in [0.1, 0.15) is 39.7 Å². The second-order valence-electron chi connectivity index (χ2n) is 8.92. The topological polar surface area (TPSA) is 49.9 Å². The molecule has 34 heavy (non-hydrogen) atoms. The van der Waals surface area contributed by atoms with Gasteiger partial charge in [0.15, 0.2) is 0 Å². The van der Waals surface area contributed by atoms with Crippen molar-refractivity contribution < 1.29 is 18.7 Å². The molecule has 2 aliphatic rings. The molecule has 1 aromatic heterocycles. The Morgan fingerprint density at radius 1 is 1.09 bits per heavy atom. The zero-order chi connectivity index (χ0) is 23.5. The zero-order valence-electron chi connectivity index (χ0n) is 18.9. The molecule has 1 aliphatic heterocycles. The molecule has 1 saturated carbocycles. The predicted octanol–water partition coefficient (Wildman–Crippen LogP) is 4.94. The van der Waals surface area contributed by atoms with Crippen molar-refractivity contribution in [1.29, 1.82) is 0 Å². The predicted molar refractivity (Wildman–Crippen MR) is 129 cm³/mol. The van der Waals surface area contributed by atoms with Gasteiger partial charge >= 0.3 is 0 Å². The molecule has 5 nitrogen and oxygen atoms in total. The first kappa shape index (κ1) is 22.6. The zero-order valence-corrected chi connectivity index (χ0v) is 19.7. The molecule has 2 heterocycles. The lowest BCUT2D eigenvalue weighted by atomic mass is 10.0. The van der Waals surface area contributed by atoms with E-state index in [9.17, 15) is 14.0 Å². The highest BCUT2D eigenvalue weighted by Gasteiger charge is 2.35. The maximum absolute atomic E-state index is 13.6. The number of hydrogen-bond donors (Lipinski definition) is 0. The lowest BCUT2D eigenvalue weighted by Crippen LogP contribution is -2.48. The minimum atomic E-state index is -0.361. The molecule has 0 bridgehead atoms. The smallest absolute Gasteiger partial charge is 0.254 e. The number of benzene rings is 2. The van der Waals surface area contributed by atoms with Gasteiger partial charge in [-0.3, -0.25) is 9.59 Å². The molecule has 2 amide bonds. The van der Waals surface area contributed by atoms with Crippen molar-refractivity contribution in [2.75, 3.05) is 26.2 Å². The summed E-state index contributed by atoms with van der Waals surface area (Å²) in [6.07, 6.45) is 2.97. The van der Waals surface area contributed by atoms with E-state index in [2.05, 4.69) is 0 Å². The number of hydrogen-bond acceptors (Lipinski definition) is 4. The quantitative estimate of drug-likeness (QED) is 0.461. The van der Waals surface area contributed by atoms with Gasteiger partial charge in [0.05, 0.1) is 6.04 Å². The van der Waals surface area contributed by atoms with Gasteiger partial charge in [-0.2, -0.15) is 0 Å². The molecule has 7 heteroatoms. The van der Waals surface area contributed by atoms with Crippen LogP contribution in [0.25, 0.3) is 0 Å². The van der Waals surface area contributed by atoms with E-state index >= 15 is 0 Å². The van der Waals surface area contributed by atoms with Gasteiger partial charge in [-0.1, -0.05) is 24.3 Å². The first-order chi connectivity index (χ1) is 16.6. The molecule has 0 saturated heterocycles. The van der Waals surface area contributed by atoms with Crippen LogP contribution in [0, 0.1) is 11.7 Å². The molecule has 1 atom stereocenters. The van der Waals surface area contributed by atoms with E-state index in [1.807, 2.05) is 34.5 Å². The molecule has 0 N–H and O–H groups in total. The third kappa shape index (κ3) is 5.14. The number of amides is 2. The van der Waals surface area contributed by atoms with Crippen molar-refractivity contribution in [3.8, 4) is 5.75 Å². The molecular weight excluding hydrogens is 451 g/mol. The summed E-state index contributed by atoms with van der Waals surface area (Å²) in [5.41, 5.74) is 1.67. The SMILES string of the molecule is O=C(c1ccccc1)N(CC(=O)N1CCc2sccc2[C@H]1COc1cccc(F)c1)CC1CC1. The lowest BCUT2D eigenvalue weighted by Gasteiger charge is -2.37. The Bertz CT molecular complexity index is 1160. The summed E-state index contributed by atoms with van der Waals surface area (Å²) in [5.74, 6) is 0.346. The molecule has 2 aromatic carbocycles. The van der Waals surface area contributed by atoms with Gasteiger partial charge in [0.1, 0.15) is 24.7 Å². The van der Waals surface area contributed by atoms with Crippen LogP contribution in [0.2, 0.25) is 0 Å². The van der Waals surface area contributed by atoms with Crippen LogP contribution in [0.4, 0.5) is 4.39 Å². The number of ether oxygens (including phenoxy) is 1. The van der Waals surface area contributed by atoms with E-state index in [0.29, 0.717) is 30.3 Å². The third-order valence-electron chi connectivity index (χ3n) is 6.43. The van der Waals surface area contributed by atoms with E-state index in [1.54, 1.807) is 40.5 Å². The van der Waals surface area contributed by atoms with Gasteiger partial charge in [0.2, 0.25) is 5.91 Å². The van der Waals surface area contributed by atoms with Gasteiger partial charge in [0.25, 0.3) is 5.91 Å². The number of fused-ring (bicyclic) bond motifs is 1. The Labute approximate surface area is 202 Å². The third-order valence-corrected chi connectivity index (χ3v) is 7.43. The highest BCUT2D eigenvalue weighted by atomic mass is 32.1. The summed E-state index contributed by atoms with van der Waals surface area (Å²) in [6, 6.07) is 16.9. The van der Waals surface area contributed by atoms with Gasteiger partial charge in [0, 0.05) is 29.6 Å². The van der Waals surface area contributed by atoms with E-state index < -0.39 is 0 Å². The maximum atomic E-state index is 13.6. The molecule has 5 rings (SSSR count). The largest absolute Gasteiger partial charge is 0.491 e. The molecular formula is C27H27FN2O3S. The van der Waals surface area contributed by atoms with Crippen molar-refractivity contribution >= 4 is 23.2 Å².